The molecule has 0 aliphatic rings. The van der Waals surface area contributed by atoms with Crippen LogP contribution in [0.2, 0.25) is 0 Å². The normalized spacial score (nSPS) is 12.5. The average molecular weight is 762 g/mol. The van der Waals surface area contributed by atoms with Crippen molar-refractivity contribution in [2.45, 2.75) is 55.3 Å². The number of carbonyl (C=O) groups excluding carboxylic acids is 6. The second-order valence-electron chi connectivity index (χ2n) is 9.24. The number of hydrogen-bond acceptors (Lipinski definition) is 18. The summed E-state index contributed by atoms with van der Waals surface area (Å²) < 4.78 is 12.0. The van der Waals surface area contributed by atoms with Gasteiger partial charge in [0.2, 0.25) is 0 Å². The molecule has 0 bridgehead atoms. The van der Waals surface area contributed by atoms with Crippen LogP contribution in [-0.2, 0) is 71.7 Å². The van der Waals surface area contributed by atoms with Gasteiger partial charge in [0.25, 0.3) is 0 Å². The van der Waals surface area contributed by atoms with Crippen molar-refractivity contribution in [2.24, 2.45) is 0 Å². The van der Waals surface area contributed by atoms with Crippen LogP contribution in [-0.4, -0.2) is 191 Å². The quantitative estimate of drug-likeness (QED) is 0.0207. The van der Waals surface area contributed by atoms with Crippen molar-refractivity contribution in [2.75, 3.05) is 0 Å². The fourth-order valence-electron chi connectivity index (χ4n) is 2.68. The molecule has 0 aliphatic heterocycles. The number of carbonyl (C=O) groups is 12. The van der Waals surface area contributed by atoms with Gasteiger partial charge in [-0.25, -0.2) is 28.8 Å². The van der Waals surface area contributed by atoms with Crippen LogP contribution in [0.1, 0.15) is 38.5 Å². The average Bonchev–Trinajstić information content (AvgIpc) is 2.95. The van der Waals surface area contributed by atoms with Crippen molar-refractivity contribution >= 4 is 128 Å². The third kappa shape index (κ3) is 26.8. The number of carboxylic acids is 6. The van der Waals surface area contributed by atoms with Gasteiger partial charge >= 0.3 is 128 Å². The van der Waals surface area contributed by atoms with E-state index in [9.17, 15) is 72.9 Å². The summed E-state index contributed by atoms with van der Waals surface area (Å²) in [5.41, 5.74) is -8.45. The van der Waals surface area contributed by atoms with Crippen LogP contribution in [0, 0.1) is 0 Å². The molecule has 0 saturated carbocycles. The van der Waals surface area contributed by atoms with Gasteiger partial charge in [-0.05, 0) is 0 Å². The first-order valence-electron chi connectivity index (χ1n) is 12.8. The van der Waals surface area contributed by atoms with Crippen LogP contribution in [0.25, 0.3) is 0 Å². The summed E-state index contributed by atoms with van der Waals surface area (Å²) in [7, 11) is 0. The van der Waals surface area contributed by atoms with Crippen LogP contribution in [0.4, 0.5) is 0 Å². The molecule has 0 amide bonds. The third-order valence-corrected chi connectivity index (χ3v) is 4.98. The first kappa shape index (κ1) is 61.2. The van der Waals surface area contributed by atoms with Crippen molar-refractivity contribution in [1.29, 1.82) is 0 Å². The second kappa shape index (κ2) is 28.6. The molecule has 0 aromatic carbocycles. The fraction of sp³-hybridized carbons (Fsp3) is 0.333. The predicted molar refractivity (Wildman–Crippen MR) is 174 cm³/mol. The van der Waals surface area contributed by atoms with E-state index in [1.807, 2.05) is 0 Å². The number of esters is 6. The molecule has 0 aliphatic carbocycles. The Morgan fingerprint density at radius 2 is 0.556 bits per heavy atom. The maximum atomic E-state index is 11.0. The fourth-order valence-corrected chi connectivity index (χ4v) is 2.68. The van der Waals surface area contributed by atoms with E-state index in [-0.39, 0.29) is 56.6 Å². The standard InChI is InChI=1S/3C9H10O8.3Li.3H/c3*1-2-6(12)17-7(13)4-9(16,8(14)15)3-5(10)11;;;;;;/h3*2,16H,1,3-4H2,(H,10,11)(H,14,15);;;;;;. The third-order valence-electron chi connectivity index (χ3n) is 4.98. The molecule has 0 saturated heterocycles. The van der Waals surface area contributed by atoms with E-state index in [4.69, 9.17) is 30.6 Å². The number of ether oxygens (including phenoxy) is 3. The van der Waals surface area contributed by atoms with Crippen LogP contribution in [0.3, 0.4) is 0 Å². The van der Waals surface area contributed by atoms with E-state index >= 15 is 0 Å². The molecule has 24 nitrogen and oxygen atoms in total. The van der Waals surface area contributed by atoms with Gasteiger partial charge < -0.3 is 60.2 Å². The van der Waals surface area contributed by atoms with Crippen molar-refractivity contribution < 1.29 is 118 Å². The zero-order chi connectivity index (χ0) is 40.9. The molecule has 288 valence electrons. The molecule has 0 rings (SSSR count). The Hall–Kier alpha value is -4.87. The maximum absolute atomic E-state index is 11.0. The van der Waals surface area contributed by atoms with Crippen molar-refractivity contribution in [1.82, 2.24) is 0 Å². The Bertz CT molecular complexity index is 1300. The molecular formula is C27H33Li3O24. The first-order chi connectivity index (χ1) is 23.1. The van der Waals surface area contributed by atoms with E-state index in [0.29, 0.717) is 18.2 Å². The summed E-state index contributed by atoms with van der Waals surface area (Å²) in [5, 5.41) is 79.1. The monoisotopic (exact) mass is 762 g/mol. The zero-order valence-corrected chi connectivity index (χ0v) is 25.7. The van der Waals surface area contributed by atoms with Crippen LogP contribution in [0.5, 0.6) is 0 Å². The Balaban J connectivity index is -0.000000156. The van der Waals surface area contributed by atoms with Gasteiger partial charge in [0.1, 0.15) is 0 Å². The van der Waals surface area contributed by atoms with E-state index in [1.165, 1.54) is 0 Å². The molecule has 54 heavy (non-hydrogen) atoms. The van der Waals surface area contributed by atoms with Gasteiger partial charge in [-0.3, -0.25) is 28.8 Å². The van der Waals surface area contributed by atoms with Crippen molar-refractivity contribution in [3.8, 4) is 0 Å². The van der Waals surface area contributed by atoms with E-state index < -0.39 is 127 Å². The first-order valence-corrected chi connectivity index (χ1v) is 12.8. The van der Waals surface area contributed by atoms with Gasteiger partial charge in [0.15, 0.2) is 16.8 Å². The molecule has 0 heterocycles. The second-order valence-corrected chi connectivity index (χ2v) is 9.24. The van der Waals surface area contributed by atoms with Gasteiger partial charge in [0, 0.05) is 18.2 Å². The minimum atomic E-state index is -2.82. The summed E-state index contributed by atoms with van der Waals surface area (Å²) in [5.74, 6) is -18.0. The van der Waals surface area contributed by atoms with Crippen molar-refractivity contribution in [3.05, 3.63) is 38.0 Å². The van der Waals surface area contributed by atoms with Crippen molar-refractivity contribution in [3.63, 3.8) is 0 Å². The molecule has 9 N–H and O–H groups in total. The Kier molecular flexibility index (Phi) is 32.4. The Morgan fingerprint density at radius 1 is 0.389 bits per heavy atom. The van der Waals surface area contributed by atoms with Gasteiger partial charge in [0.05, 0.1) is 38.5 Å². The Labute approximate surface area is 337 Å². The number of aliphatic hydroxyl groups is 3. The van der Waals surface area contributed by atoms with E-state index in [2.05, 4.69) is 33.9 Å². The molecule has 0 aromatic heterocycles. The summed E-state index contributed by atoms with van der Waals surface area (Å²) in [4.78, 5) is 128. The topological polar surface area (TPSA) is 415 Å². The number of aliphatic carboxylic acids is 6. The molecular weight excluding hydrogens is 729 g/mol. The molecule has 0 fully saturated rings. The predicted octanol–water partition coefficient (Wildman–Crippen LogP) is -5.18. The van der Waals surface area contributed by atoms with Crippen LogP contribution < -0.4 is 0 Å². The summed E-state index contributed by atoms with van der Waals surface area (Å²) in [6, 6.07) is 0. The number of rotatable bonds is 18. The van der Waals surface area contributed by atoms with Gasteiger partial charge in [-0.1, -0.05) is 19.7 Å². The van der Waals surface area contributed by atoms with Crippen LogP contribution >= 0.6 is 0 Å². The number of hydrogen-bond donors (Lipinski definition) is 9. The van der Waals surface area contributed by atoms with E-state index in [1.54, 1.807) is 0 Å². The molecule has 0 aromatic rings. The molecule has 3 atom stereocenters. The summed E-state index contributed by atoms with van der Waals surface area (Å²) in [6.07, 6.45) is -5.07. The number of carboxylic acid groups (broad SMARTS) is 6. The van der Waals surface area contributed by atoms with Gasteiger partial charge in [-0.2, -0.15) is 0 Å². The zero-order valence-electron chi connectivity index (χ0n) is 25.7. The minimum absolute atomic E-state index is 0. The SMILES string of the molecule is C=CC(=O)OC(=O)CC(O)(CC(=O)O)C(=O)O.C=CC(=O)OC(=O)CC(O)(CC(=O)O)C(=O)O.C=CC(=O)OC(=O)CC(O)(CC(=O)O)C(=O)O.[LiH].[LiH].[LiH]. The molecule has 0 radical (unpaired) electrons. The molecule has 3 unspecified atom stereocenters. The molecule has 0 spiro atoms. The summed E-state index contributed by atoms with van der Waals surface area (Å²) >= 11 is 0. The Morgan fingerprint density at radius 3 is 0.667 bits per heavy atom. The summed E-state index contributed by atoms with van der Waals surface area (Å²) in [6.45, 7) is 8.98. The van der Waals surface area contributed by atoms with Gasteiger partial charge in [-0.15, -0.1) is 0 Å². The van der Waals surface area contributed by atoms with E-state index in [0.717, 1.165) is 0 Å². The van der Waals surface area contributed by atoms with Crippen LogP contribution in [0.15, 0.2) is 38.0 Å². The molecule has 27 heteroatoms.